The SMILES string of the molecule is CCC(C)(c1ccccc1)c1cc(C(=O)O)c(O)c(C(C)(CC)c2ccccc2)c1. The molecule has 0 fully saturated rings. The minimum Gasteiger partial charge on any atom is -0.507 e. The van der Waals surface area contributed by atoms with Gasteiger partial charge >= 0.3 is 5.97 Å². The largest absolute Gasteiger partial charge is 0.507 e. The maximum Gasteiger partial charge on any atom is 0.339 e. The van der Waals surface area contributed by atoms with Crippen molar-refractivity contribution in [2.24, 2.45) is 0 Å². The summed E-state index contributed by atoms with van der Waals surface area (Å²) >= 11 is 0. The van der Waals surface area contributed by atoms with Gasteiger partial charge in [-0.05, 0) is 35.6 Å². The zero-order chi connectivity index (χ0) is 21.9. The van der Waals surface area contributed by atoms with Crippen LogP contribution in [-0.2, 0) is 10.8 Å². The summed E-state index contributed by atoms with van der Waals surface area (Å²) in [4.78, 5) is 12.1. The molecular formula is C27H30O3. The van der Waals surface area contributed by atoms with Crippen LogP contribution in [0.25, 0.3) is 0 Å². The lowest BCUT2D eigenvalue weighted by Crippen LogP contribution is -2.27. The predicted octanol–water partition coefficient (Wildman–Crippen LogP) is 6.52. The molecule has 30 heavy (non-hydrogen) atoms. The number of hydrogen-bond acceptors (Lipinski definition) is 2. The minimum atomic E-state index is -1.12. The summed E-state index contributed by atoms with van der Waals surface area (Å²) in [5, 5.41) is 20.9. The van der Waals surface area contributed by atoms with Gasteiger partial charge in [0.25, 0.3) is 0 Å². The van der Waals surface area contributed by atoms with Gasteiger partial charge in [0.05, 0.1) is 0 Å². The first-order valence-corrected chi connectivity index (χ1v) is 10.5. The van der Waals surface area contributed by atoms with Crippen molar-refractivity contribution in [2.75, 3.05) is 0 Å². The highest BCUT2D eigenvalue weighted by molar-refractivity contribution is 5.92. The number of hydrogen-bond donors (Lipinski definition) is 2. The Labute approximate surface area is 179 Å². The molecule has 2 unspecified atom stereocenters. The van der Waals surface area contributed by atoms with E-state index in [-0.39, 0.29) is 16.7 Å². The number of rotatable bonds is 7. The summed E-state index contributed by atoms with van der Waals surface area (Å²) in [6.07, 6.45) is 1.52. The van der Waals surface area contributed by atoms with Crippen molar-refractivity contribution in [3.8, 4) is 5.75 Å². The van der Waals surface area contributed by atoms with Crippen LogP contribution in [0.1, 0.15) is 73.1 Å². The second-order valence-electron chi connectivity index (χ2n) is 8.33. The van der Waals surface area contributed by atoms with Gasteiger partial charge in [0.1, 0.15) is 11.3 Å². The Kier molecular flexibility index (Phi) is 6.02. The maximum absolute atomic E-state index is 12.1. The number of carboxylic acid groups (broad SMARTS) is 1. The molecule has 3 aromatic rings. The fourth-order valence-electron chi connectivity index (χ4n) is 4.27. The Morgan fingerprint density at radius 1 is 0.767 bits per heavy atom. The molecule has 0 heterocycles. The lowest BCUT2D eigenvalue weighted by Gasteiger charge is -2.35. The van der Waals surface area contributed by atoms with Gasteiger partial charge in [-0.2, -0.15) is 0 Å². The summed E-state index contributed by atoms with van der Waals surface area (Å²) in [5.74, 6) is -1.26. The third-order valence-electron chi connectivity index (χ3n) is 6.81. The number of aromatic hydroxyl groups is 1. The zero-order valence-electron chi connectivity index (χ0n) is 18.1. The molecule has 3 rings (SSSR count). The standard InChI is InChI=1S/C27H30O3/c1-5-26(3,19-13-9-7-10-14-19)21-17-22(25(29)30)24(28)23(18-21)27(4,6-2)20-15-11-8-12-16-20/h7-18,28H,5-6H2,1-4H3,(H,29,30). The van der Waals surface area contributed by atoms with Crippen molar-refractivity contribution in [1.82, 2.24) is 0 Å². The van der Waals surface area contributed by atoms with Gasteiger partial charge < -0.3 is 10.2 Å². The summed E-state index contributed by atoms with van der Waals surface area (Å²) in [6, 6.07) is 23.8. The molecule has 0 bridgehead atoms. The average molecular weight is 403 g/mol. The first kappa shape index (κ1) is 21.6. The van der Waals surface area contributed by atoms with Crippen molar-refractivity contribution in [2.45, 2.75) is 51.4 Å². The minimum absolute atomic E-state index is 0.0475. The van der Waals surface area contributed by atoms with Crippen LogP contribution in [0, 0.1) is 0 Å². The van der Waals surface area contributed by atoms with E-state index in [1.54, 1.807) is 6.07 Å². The number of aromatic carboxylic acids is 1. The monoisotopic (exact) mass is 402 g/mol. The van der Waals surface area contributed by atoms with Crippen LogP contribution >= 0.6 is 0 Å². The number of benzene rings is 3. The first-order chi connectivity index (χ1) is 14.3. The van der Waals surface area contributed by atoms with E-state index in [0.29, 0.717) is 5.56 Å². The molecule has 2 N–H and O–H groups in total. The molecule has 2 atom stereocenters. The summed E-state index contributed by atoms with van der Waals surface area (Å²) < 4.78 is 0. The zero-order valence-corrected chi connectivity index (χ0v) is 18.1. The molecule has 0 aromatic heterocycles. The third kappa shape index (κ3) is 3.60. The van der Waals surface area contributed by atoms with Gasteiger partial charge in [0.15, 0.2) is 0 Å². The number of carboxylic acids is 1. The molecule has 0 radical (unpaired) electrons. The van der Waals surface area contributed by atoms with Gasteiger partial charge in [0.2, 0.25) is 0 Å². The van der Waals surface area contributed by atoms with Crippen molar-refractivity contribution in [3.63, 3.8) is 0 Å². The van der Waals surface area contributed by atoms with Gasteiger partial charge in [-0.3, -0.25) is 0 Å². The number of carbonyl (C=O) groups is 1. The van der Waals surface area contributed by atoms with Crippen molar-refractivity contribution in [1.29, 1.82) is 0 Å². The molecule has 3 nitrogen and oxygen atoms in total. The smallest absolute Gasteiger partial charge is 0.339 e. The average Bonchev–Trinajstić information content (AvgIpc) is 2.79. The van der Waals surface area contributed by atoms with Crippen molar-refractivity contribution in [3.05, 3.63) is 101 Å². The van der Waals surface area contributed by atoms with Crippen molar-refractivity contribution < 1.29 is 15.0 Å². The predicted molar refractivity (Wildman–Crippen MR) is 121 cm³/mol. The van der Waals surface area contributed by atoms with E-state index in [9.17, 15) is 15.0 Å². The molecule has 3 heteroatoms. The number of phenols is 1. The highest BCUT2D eigenvalue weighted by Gasteiger charge is 2.35. The highest BCUT2D eigenvalue weighted by Crippen LogP contribution is 2.45. The van der Waals surface area contributed by atoms with Gasteiger partial charge in [-0.25, -0.2) is 4.79 Å². The second-order valence-corrected chi connectivity index (χ2v) is 8.33. The van der Waals surface area contributed by atoms with Gasteiger partial charge in [-0.15, -0.1) is 0 Å². The molecule has 0 spiro atoms. The van der Waals surface area contributed by atoms with E-state index in [0.717, 1.165) is 29.5 Å². The highest BCUT2D eigenvalue weighted by atomic mass is 16.4. The molecule has 0 aliphatic rings. The Balaban J connectivity index is 2.33. The molecule has 3 aromatic carbocycles. The Morgan fingerprint density at radius 2 is 1.23 bits per heavy atom. The van der Waals surface area contributed by atoms with E-state index in [1.165, 1.54) is 0 Å². The van der Waals surface area contributed by atoms with E-state index < -0.39 is 11.4 Å². The fraction of sp³-hybridized carbons (Fsp3) is 0.296. The van der Waals surface area contributed by atoms with Crippen LogP contribution in [0.5, 0.6) is 5.75 Å². The van der Waals surface area contributed by atoms with Gasteiger partial charge in [-0.1, -0.05) is 94.4 Å². The summed E-state index contributed by atoms with van der Waals surface area (Å²) in [5.41, 5.74) is 2.79. The third-order valence-corrected chi connectivity index (χ3v) is 6.81. The van der Waals surface area contributed by atoms with Crippen LogP contribution in [0.3, 0.4) is 0 Å². The van der Waals surface area contributed by atoms with Crippen LogP contribution in [0.15, 0.2) is 72.8 Å². The Morgan fingerprint density at radius 3 is 1.67 bits per heavy atom. The van der Waals surface area contributed by atoms with Crippen LogP contribution in [0.2, 0.25) is 0 Å². The van der Waals surface area contributed by atoms with Crippen LogP contribution < -0.4 is 0 Å². The first-order valence-electron chi connectivity index (χ1n) is 10.5. The molecule has 0 aliphatic carbocycles. The molecule has 156 valence electrons. The Hall–Kier alpha value is -3.07. The molecule has 0 saturated carbocycles. The topological polar surface area (TPSA) is 57.5 Å². The summed E-state index contributed by atoms with van der Waals surface area (Å²) in [7, 11) is 0. The molecule has 0 saturated heterocycles. The maximum atomic E-state index is 12.1. The summed E-state index contributed by atoms with van der Waals surface area (Å²) in [6.45, 7) is 8.38. The fourth-order valence-corrected chi connectivity index (χ4v) is 4.27. The lowest BCUT2D eigenvalue weighted by molar-refractivity contribution is 0.0693. The lowest BCUT2D eigenvalue weighted by atomic mass is 9.69. The quantitative estimate of drug-likeness (QED) is 0.473. The van der Waals surface area contributed by atoms with Gasteiger partial charge in [0, 0.05) is 16.4 Å². The normalized spacial score (nSPS) is 15.2. The molecule has 0 amide bonds. The molecular weight excluding hydrogens is 372 g/mol. The van der Waals surface area contributed by atoms with Crippen LogP contribution in [0.4, 0.5) is 0 Å². The Bertz CT molecular complexity index is 1030. The van der Waals surface area contributed by atoms with Crippen molar-refractivity contribution >= 4 is 5.97 Å². The van der Waals surface area contributed by atoms with E-state index in [2.05, 4.69) is 39.8 Å². The molecule has 0 aliphatic heterocycles. The van der Waals surface area contributed by atoms with Crippen LogP contribution in [-0.4, -0.2) is 16.2 Å². The second kappa shape index (κ2) is 8.35. The van der Waals surface area contributed by atoms with E-state index in [4.69, 9.17) is 0 Å². The van der Waals surface area contributed by atoms with E-state index >= 15 is 0 Å². The van der Waals surface area contributed by atoms with E-state index in [1.807, 2.05) is 54.6 Å².